The van der Waals surface area contributed by atoms with E-state index in [1.807, 2.05) is 4.90 Å². The molecule has 134 valence electrons. The van der Waals surface area contributed by atoms with Crippen LogP contribution in [-0.4, -0.2) is 40.8 Å². The van der Waals surface area contributed by atoms with Crippen LogP contribution in [0.4, 0.5) is 0 Å². The molecule has 1 aliphatic heterocycles. The number of likely N-dealkylation sites (tertiary alicyclic amines) is 1. The van der Waals surface area contributed by atoms with Gasteiger partial charge in [0.1, 0.15) is 0 Å². The van der Waals surface area contributed by atoms with E-state index in [0.717, 1.165) is 12.8 Å². The molecule has 2 amide bonds. The molecule has 1 aromatic rings. The highest BCUT2D eigenvalue weighted by Crippen LogP contribution is 2.24. The van der Waals surface area contributed by atoms with E-state index in [1.54, 1.807) is 30.6 Å². The number of piperidine rings is 1. The minimum absolute atomic E-state index is 0.00242. The van der Waals surface area contributed by atoms with E-state index in [2.05, 4.69) is 16.4 Å². The summed E-state index contributed by atoms with van der Waals surface area (Å²) in [5.41, 5.74) is 0.625. The van der Waals surface area contributed by atoms with E-state index in [-0.39, 0.29) is 17.9 Å². The van der Waals surface area contributed by atoms with Gasteiger partial charge in [0.05, 0.1) is 5.56 Å². The number of allylic oxidation sites excluding steroid dienone is 1. The van der Waals surface area contributed by atoms with Crippen LogP contribution in [0.3, 0.4) is 0 Å². The topological polar surface area (TPSA) is 62.3 Å². The van der Waals surface area contributed by atoms with Crippen LogP contribution in [0.1, 0.15) is 55.3 Å². The Bertz CT molecular complexity index is 601. The summed E-state index contributed by atoms with van der Waals surface area (Å²) in [4.78, 5) is 30.3. The van der Waals surface area contributed by atoms with Crippen molar-refractivity contribution in [1.29, 1.82) is 0 Å². The Morgan fingerprint density at radius 3 is 2.56 bits per heavy atom. The second-order valence-electron chi connectivity index (χ2n) is 7.07. The molecule has 1 aliphatic carbocycles. The number of hydrogen-bond acceptors (Lipinski definition) is 3. The lowest BCUT2D eigenvalue weighted by atomic mass is 9.89. The Kier molecular flexibility index (Phi) is 6.20. The fourth-order valence-electron chi connectivity index (χ4n) is 3.70. The van der Waals surface area contributed by atoms with Crippen molar-refractivity contribution in [2.45, 2.75) is 51.0 Å². The molecular weight excluding hydrogens is 314 g/mol. The number of hydrogen-bond donors (Lipinski definition) is 1. The van der Waals surface area contributed by atoms with Crippen LogP contribution in [-0.2, 0) is 4.79 Å². The van der Waals surface area contributed by atoms with E-state index in [4.69, 9.17) is 0 Å². The van der Waals surface area contributed by atoms with Gasteiger partial charge in [-0.1, -0.05) is 25.3 Å². The van der Waals surface area contributed by atoms with Crippen LogP contribution < -0.4 is 5.32 Å². The maximum absolute atomic E-state index is 12.4. The second kappa shape index (κ2) is 8.79. The van der Waals surface area contributed by atoms with Crippen LogP contribution in [0.25, 0.3) is 0 Å². The summed E-state index contributed by atoms with van der Waals surface area (Å²) in [7, 11) is 0. The Balaban J connectivity index is 1.42. The molecule has 2 heterocycles. The summed E-state index contributed by atoms with van der Waals surface area (Å²) in [6, 6.07) is 3.72. The molecule has 0 spiro atoms. The summed E-state index contributed by atoms with van der Waals surface area (Å²) in [6.45, 7) is 1.34. The quantitative estimate of drug-likeness (QED) is 0.857. The summed E-state index contributed by atoms with van der Waals surface area (Å²) >= 11 is 0. The summed E-state index contributed by atoms with van der Waals surface area (Å²) in [6.07, 6.45) is 15.0. The summed E-state index contributed by atoms with van der Waals surface area (Å²) < 4.78 is 0. The van der Waals surface area contributed by atoms with Crippen molar-refractivity contribution < 1.29 is 9.59 Å². The maximum Gasteiger partial charge on any atom is 0.255 e. The third kappa shape index (κ3) is 5.15. The Hall–Kier alpha value is -2.17. The van der Waals surface area contributed by atoms with Gasteiger partial charge >= 0.3 is 0 Å². The molecule has 0 bridgehead atoms. The van der Waals surface area contributed by atoms with Gasteiger partial charge < -0.3 is 10.2 Å². The molecule has 1 aromatic heterocycles. The van der Waals surface area contributed by atoms with E-state index in [0.29, 0.717) is 24.6 Å². The first-order valence-corrected chi connectivity index (χ1v) is 9.40. The van der Waals surface area contributed by atoms with Crippen LogP contribution >= 0.6 is 0 Å². The first-order chi connectivity index (χ1) is 12.2. The normalized spacial score (nSPS) is 19.9. The third-order valence-corrected chi connectivity index (χ3v) is 5.21. The SMILES string of the molecule is O=C(/C=C/C1CCCCC1)NC1CCN(C(=O)c2cccnc2)CC1. The number of carbonyl (C=O) groups is 2. The molecule has 3 rings (SSSR count). The van der Waals surface area contributed by atoms with Crippen molar-refractivity contribution in [1.82, 2.24) is 15.2 Å². The van der Waals surface area contributed by atoms with Crippen molar-refractivity contribution in [2.24, 2.45) is 5.92 Å². The predicted molar refractivity (Wildman–Crippen MR) is 97.0 cm³/mol. The van der Waals surface area contributed by atoms with E-state index < -0.39 is 0 Å². The molecule has 0 aromatic carbocycles. The minimum atomic E-state index is 0.00242. The lowest BCUT2D eigenvalue weighted by molar-refractivity contribution is -0.117. The zero-order valence-corrected chi connectivity index (χ0v) is 14.7. The van der Waals surface area contributed by atoms with Crippen molar-refractivity contribution in [3.05, 3.63) is 42.2 Å². The van der Waals surface area contributed by atoms with E-state index in [1.165, 1.54) is 32.1 Å². The molecule has 5 nitrogen and oxygen atoms in total. The minimum Gasteiger partial charge on any atom is -0.350 e. The average Bonchev–Trinajstić information content (AvgIpc) is 2.68. The van der Waals surface area contributed by atoms with Crippen LogP contribution in [0.15, 0.2) is 36.7 Å². The molecule has 2 aliphatic rings. The monoisotopic (exact) mass is 341 g/mol. The average molecular weight is 341 g/mol. The molecular formula is C20H27N3O2. The summed E-state index contributed by atoms with van der Waals surface area (Å²) in [5.74, 6) is 0.594. The molecule has 0 radical (unpaired) electrons. The number of aromatic nitrogens is 1. The number of amides is 2. The maximum atomic E-state index is 12.4. The van der Waals surface area contributed by atoms with Gasteiger partial charge in [0, 0.05) is 31.5 Å². The van der Waals surface area contributed by atoms with Crippen molar-refractivity contribution in [2.75, 3.05) is 13.1 Å². The number of rotatable bonds is 4. The molecule has 2 fully saturated rings. The number of nitrogens with zero attached hydrogens (tertiary/aromatic N) is 2. The number of carbonyl (C=O) groups excluding carboxylic acids is 2. The number of pyridine rings is 1. The van der Waals surface area contributed by atoms with Gasteiger partial charge in [-0.15, -0.1) is 0 Å². The number of nitrogens with one attached hydrogen (secondary N) is 1. The highest BCUT2D eigenvalue weighted by molar-refractivity contribution is 5.94. The third-order valence-electron chi connectivity index (χ3n) is 5.21. The molecule has 0 unspecified atom stereocenters. The van der Waals surface area contributed by atoms with E-state index >= 15 is 0 Å². The largest absolute Gasteiger partial charge is 0.350 e. The van der Waals surface area contributed by atoms with Crippen molar-refractivity contribution in [3.63, 3.8) is 0 Å². The zero-order chi connectivity index (χ0) is 17.5. The molecule has 25 heavy (non-hydrogen) atoms. The molecule has 5 heteroatoms. The lowest BCUT2D eigenvalue weighted by Crippen LogP contribution is -2.46. The van der Waals surface area contributed by atoms with Crippen molar-refractivity contribution in [3.8, 4) is 0 Å². The van der Waals surface area contributed by atoms with Crippen LogP contribution in [0, 0.1) is 5.92 Å². The Morgan fingerprint density at radius 2 is 1.88 bits per heavy atom. The van der Waals surface area contributed by atoms with Gasteiger partial charge in [-0.3, -0.25) is 14.6 Å². The Labute approximate surface area is 149 Å². The fourth-order valence-corrected chi connectivity index (χ4v) is 3.70. The molecule has 1 N–H and O–H groups in total. The van der Waals surface area contributed by atoms with Crippen molar-refractivity contribution >= 4 is 11.8 Å². The summed E-state index contributed by atoms with van der Waals surface area (Å²) in [5, 5.41) is 3.08. The first kappa shape index (κ1) is 17.6. The first-order valence-electron chi connectivity index (χ1n) is 9.40. The fraction of sp³-hybridized carbons (Fsp3) is 0.550. The predicted octanol–water partition coefficient (Wildman–Crippen LogP) is 2.94. The van der Waals surface area contributed by atoms with Crippen LogP contribution in [0.2, 0.25) is 0 Å². The smallest absolute Gasteiger partial charge is 0.255 e. The van der Waals surface area contributed by atoms with Gasteiger partial charge in [0.15, 0.2) is 0 Å². The van der Waals surface area contributed by atoms with Crippen LogP contribution in [0.5, 0.6) is 0 Å². The lowest BCUT2D eigenvalue weighted by Gasteiger charge is -2.32. The standard InChI is InChI=1S/C20H27N3O2/c24-19(9-8-16-5-2-1-3-6-16)22-18-10-13-23(14-11-18)20(25)17-7-4-12-21-15-17/h4,7-9,12,15-16,18H,1-3,5-6,10-11,13-14H2,(H,22,24)/b9-8+. The van der Waals surface area contributed by atoms with E-state index in [9.17, 15) is 9.59 Å². The molecule has 1 saturated heterocycles. The van der Waals surface area contributed by atoms with Gasteiger partial charge in [-0.25, -0.2) is 0 Å². The molecule has 1 saturated carbocycles. The highest BCUT2D eigenvalue weighted by atomic mass is 16.2. The zero-order valence-electron chi connectivity index (χ0n) is 14.7. The highest BCUT2D eigenvalue weighted by Gasteiger charge is 2.24. The van der Waals surface area contributed by atoms with Gasteiger partial charge in [0.25, 0.3) is 5.91 Å². The van der Waals surface area contributed by atoms with Gasteiger partial charge in [-0.2, -0.15) is 0 Å². The van der Waals surface area contributed by atoms with Gasteiger partial charge in [0.2, 0.25) is 5.91 Å². The van der Waals surface area contributed by atoms with Gasteiger partial charge in [-0.05, 0) is 49.8 Å². The molecule has 0 atom stereocenters. The Morgan fingerprint density at radius 1 is 1.12 bits per heavy atom. The second-order valence-corrected chi connectivity index (χ2v) is 7.07.